The summed E-state index contributed by atoms with van der Waals surface area (Å²) in [5, 5.41) is 6.18. The lowest BCUT2D eigenvalue weighted by atomic mass is 9.77. The zero-order chi connectivity index (χ0) is 12.6. The van der Waals surface area contributed by atoms with Gasteiger partial charge in [-0.2, -0.15) is 0 Å². The van der Waals surface area contributed by atoms with Gasteiger partial charge in [0.1, 0.15) is 0 Å². The molecule has 1 spiro atoms. The minimum atomic E-state index is -0.0893. The van der Waals surface area contributed by atoms with Crippen molar-refractivity contribution in [3.05, 3.63) is 23.4 Å². The van der Waals surface area contributed by atoms with Gasteiger partial charge in [-0.05, 0) is 43.8 Å². The van der Waals surface area contributed by atoms with Gasteiger partial charge < -0.3 is 10.6 Å². The van der Waals surface area contributed by atoms with E-state index in [1.807, 2.05) is 0 Å². The third kappa shape index (κ3) is 2.18. The highest BCUT2D eigenvalue weighted by atomic mass is 127. The van der Waals surface area contributed by atoms with Crippen LogP contribution in [0.3, 0.4) is 0 Å². The lowest BCUT2D eigenvalue weighted by molar-refractivity contribution is 0.202. The summed E-state index contributed by atoms with van der Waals surface area (Å²) in [6.07, 6.45) is 9.71. The molecule has 2 amide bonds. The number of fused-ring (bicyclic) bond motifs is 1. The molecule has 3 rings (SSSR count). The van der Waals surface area contributed by atoms with Gasteiger partial charge in [0.05, 0.1) is 5.54 Å². The Morgan fingerprint density at radius 2 is 2.11 bits per heavy atom. The predicted octanol–water partition coefficient (Wildman–Crippen LogP) is 2.48. The van der Waals surface area contributed by atoms with Crippen molar-refractivity contribution in [2.24, 2.45) is 0 Å². The van der Waals surface area contributed by atoms with Crippen molar-refractivity contribution in [2.75, 3.05) is 13.1 Å². The van der Waals surface area contributed by atoms with Crippen molar-refractivity contribution in [3.63, 3.8) is 0 Å². The highest BCUT2D eigenvalue weighted by Gasteiger charge is 2.42. The van der Waals surface area contributed by atoms with Crippen molar-refractivity contribution in [1.29, 1.82) is 0 Å². The first kappa shape index (κ1) is 12.5. The number of carbonyl (C=O) groups is 1. The standard InChI is InChI=1S/C13H18IN3O/c14-17-8-6-13(7-9-17)10-4-2-1-3-5-11(10)15-12(18)16-13/h3,5H,1-2,4,6-9H2,(H2,15,16,18). The third-order valence-electron chi connectivity index (χ3n) is 4.15. The predicted molar refractivity (Wildman–Crippen MR) is 79.2 cm³/mol. The van der Waals surface area contributed by atoms with E-state index < -0.39 is 0 Å². The van der Waals surface area contributed by atoms with Crippen LogP contribution < -0.4 is 10.6 Å². The Labute approximate surface area is 121 Å². The van der Waals surface area contributed by atoms with Gasteiger partial charge in [-0.15, -0.1) is 0 Å². The van der Waals surface area contributed by atoms with Gasteiger partial charge in [0.2, 0.25) is 0 Å². The van der Waals surface area contributed by atoms with Gasteiger partial charge in [0.25, 0.3) is 0 Å². The molecule has 0 aromatic carbocycles. The number of amides is 2. The van der Waals surface area contributed by atoms with Crippen LogP contribution in [-0.2, 0) is 0 Å². The Morgan fingerprint density at radius 1 is 1.33 bits per heavy atom. The first-order chi connectivity index (χ1) is 8.70. The maximum atomic E-state index is 11.9. The lowest BCUT2D eigenvalue weighted by Gasteiger charge is -2.45. The highest BCUT2D eigenvalue weighted by molar-refractivity contribution is 14.1. The molecule has 4 nitrogen and oxygen atoms in total. The third-order valence-corrected chi connectivity index (χ3v) is 5.11. The van der Waals surface area contributed by atoms with Crippen LogP contribution in [0.5, 0.6) is 0 Å². The number of hydrogen-bond donors (Lipinski definition) is 2. The van der Waals surface area contributed by atoms with Crippen LogP contribution in [0.2, 0.25) is 0 Å². The second kappa shape index (κ2) is 4.85. The molecular weight excluding hydrogens is 341 g/mol. The summed E-state index contributed by atoms with van der Waals surface area (Å²) >= 11 is 2.37. The fourth-order valence-corrected chi connectivity index (χ4v) is 3.66. The van der Waals surface area contributed by atoms with E-state index in [4.69, 9.17) is 0 Å². The Morgan fingerprint density at radius 3 is 2.89 bits per heavy atom. The molecule has 2 N–H and O–H groups in total. The molecule has 0 bridgehead atoms. The normalized spacial score (nSPS) is 27.5. The fraction of sp³-hybridized carbons (Fsp3) is 0.615. The summed E-state index contributed by atoms with van der Waals surface area (Å²) in [7, 11) is 0. The maximum absolute atomic E-state index is 11.9. The largest absolute Gasteiger partial charge is 0.328 e. The van der Waals surface area contributed by atoms with Gasteiger partial charge in [0.15, 0.2) is 0 Å². The number of rotatable bonds is 0. The molecule has 1 fully saturated rings. The van der Waals surface area contributed by atoms with Crippen molar-refractivity contribution in [1.82, 2.24) is 13.7 Å². The SMILES string of the molecule is O=C1NC2=C(CCCC=C2)C2(CCN(I)CC2)N1. The number of halogens is 1. The number of nitrogens with zero attached hydrogens (tertiary/aromatic N) is 1. The van der Waals surface area contributed by atoms with Crippen LogP contribution in [0.15, 0.2) is 23.4 Å². The molecule has 0 radical (unpaired) electrons. The number of nitrogens with one attached hydrogen (secondary N) is 2. The summed E-state index contributed by atoms with van der Waals surface area (Å²) in [6, 6.07) is -0.0396. The van der Waals surface area contributed by atoms with E-state index in [1.165, 1.54) is 12.0 Å². The Kier molecular flexibility index (Phi) is 3.36. The van der Waals surface area contributed by atoms with Gasteiger partial charge >= 0.3 is 6.03 Å². The summed E-state index contributed by atoms with van der Waals surface area (Å²) in [6.45, 7) is 2.09. The molecule has 3 aliphatic rings. The molecular formula is C13H18IN3O. The molecule has 0 atom stereocenters. The van der Waals surface area contributed by atoms with Crippen LogP contribution >= 0.6 is 22.9 Å². The molecule has 1 saturated heterocycles. The number of carbonyl (C=O) groups excluding carboxylic acids is 1. The van der Waals surface area contributed by atoms with Gasteiger partial charge in [-0.3, -0.25) is 0 Å². The zero-order valence-electron chi connectivity index (χ0n) is 10.3. The van der Waals surface area contributed by atoms with E-state index in [0.29, 0.717) is 0 Å². The maximum Gasteiger partial charge on any atom is 0.319 e. The summed E-state index contributed by atoms with van der Waals surface area (Å²) < 4.78 is 2.31. The average molecular weight is 359 g/mol. The molecule has 5 heteroatoms. The number of hydrogen-bond acceptors (Lipinski definition) is 2. The zero-order valence-corrected chi connectivity index (χ0v) is 12.5. The molecule has 2 aliphatic heterocycles. The summed E-state index contributed by atoms with van der Waals surface area (Å²) in [4.78, 5) is 11.9. The van der Waals surface area contributed by atoms with E-state index in [1.54, 1.807) is 0 Å². The molecule has 2 heterocycles. The van der Waals surface area contributed by atoms with Crippen molar-refractivity contribution in [2.45, 2.75) is 37.6 Å². The molecule has 0 aromatic rings. The average Bonchev–Trinajstić information content (AvgIpc) is 2.58. The van der Waals surface area contributed by atoms with Crippen LogP contribution in [0.1, 0.15) is 32.1 Å². The quantitative estimate of drug-likeness (QED) is 0.516. The molecule has 0 unspecified atom stereocenters. The second-order valence-corrected chi connectivity index (χ2v) is 6.62. The highest BCUT2D eigenvalue weighted by Crippen LogP contribution is 2.38. The lowest BCUT2D eigenvalue weighted by Crippen LogP contribution is -2.61. The molecule has 98 valence electrons. The van der Waals surface area contributed by atoms with Crippen LogP contribution in [0.4, 0.5) is 4.79 Å². The minimum absolute atomic E-state index is 0.0396. The summed E-state index contributed by atoms with van der Waals surface area (Å²) in [5.41, 5.74) is 2.38. The Balaban J connectivity index is 1.97. The van der Waals surface area contributed by atoms with Gasteiger partial charge in [0, 0.05) is 41.7 Å². The molecule has 0 aromatic heterocycles. The van der Waals surface area contributed by atoms with Crippen LogP contribution in [0.25, 0.3) is 0 Å². The smallest absolute Gasteiger partial charge is 0.319 e. The minimum Gasteiger partial charge on any atom is -0.328 e. The summed E-state index contributed by atoms with van der Waals surface area (Å²) in [5.74, 6) is 0. The van der Waals surface area contributed by atoms with E-state index in [9.17, 15) is 4.79 Å². The Hall–Kier alpha value is -0.560. The van der Waals surface area contributed by atoms with E-state index in [-0.39, 0.29) is 11.6 Å². The number of urea groups is 1. The van der Waals surface area contributed by atoms with Crippen LogP contribution in [0, 0.1) is 0 Å². The van der Waals surface area contributed by atoms with Gasteiger partial charge in [-0.25, -0.2) is 7.91 Å². The second-order valence-electron chi connectivity index (χ2n) is 5.26. The Bertz CT molecular complexity index is 422. The van der Waals surface area contributed by atoms with E-state index >= 15 is 0 Å². The topological polar surface area (TPSA) is 44.4 Å². The first-order valence-electron chi connectivity index (χ1n) is 6.60. The molecule has 1 aliphatic carbocycles. The monoisotopic (exact) mass is 359 g/mol. The van der Waals surface area contributed by atoms with Crippen molar-refractivity contribution in [3.8, 4) is 0 Å². The fourth-order valence-electron chi connectivity index (χ4n) is 3.18. The van der Waals surface area contributed by atoms with E-state index in [0.717, 1.165) is 44.5 Å². The van der Waals surface area contributed by atoms with Crippen molar-refractivity contribution < 1.29 is 4.79 Å². The first-order valence-corrected chi connectivity index (χ1v) is 7.56. The number of piperidine rings is 1. The van der Waals surface area contributed by atoms with E-state index in [2.05, 4.69) is 48.8 Å². The number of allylic oxidation sites excluding steroid dienone is 2. The van der Waals surface area contributed by atoms with Crippen molar-refractivity contribution >= 4 is 28.9 Å². The van der Waals surface area contributed by atoms with Gasteiger partial charge in [-0.1, -0.05) is 6.08 Å². The molecule has 0 saturated carbocycles. The molecule has 18 heavy (non-hydrogen) atoms. The van der Waals surface area contributed by atoms with Crippen LogP contribution in [-0.4, -0.2) is 27.8 Å².